The van der Waals surface area contributed by atoms with E-state index in [1.54, 1.807) is 6.08 Å². The molecular formula is C11H11NO. The monoisotopic (exact) mass is 173 g/mol. The first-order valence-electron chi connectivity index (χ1n) is 4.35. The highest BCUT2D eigenvalue weighted by molar-refractivity contribution is 6.05. The Bertz CT molecular complexity index is 368. The van der Waals surface area contributed by atoms with Gasteiger partial charge in [-0.25, -0.2) is 0 Å². The third-order valence-corrected chi connectivity index (χ3v) is 2.26. The van der Waals surface area contributed by atoms with E-state index < -0.39 is 0 Å². The molecule has 2 rings (SSSR count). The first-order valence-corrected chi connectivity index (χ1v) is 4.35. The Morgan fingerprint density at radius 1 is 1.46 bits per heavy atom. The predicted octanol–water partition coefficient (Wildman–Crippen LogP) is 2.33. The maximum atomic E-state index is 11.6. The van der Waals surface area contributed by atoms with Crippen LogP contribution in [0, 0.1) is 0 Å². The topological polar surface area (TPSA) is 29.1 Å². The number of carbonyl (C=O) groups is 1. The van der Waals surface area contributed by atoms with Crippen molar-refractivity contribution in [1.29, 1.82) is 0 Å². The van der Waals surface area contributed by atoms with Gasteiger partial charge < -0.3 is 5.32 Å². The number of hydrogen-bond acceptors (Lipinski definition) is 2. The normalized spacial score (nSPS) is 14.6. The van der Waals surface area contributed by atoms with Crippen LogP contribution in [0.4, 0.5) is 5.69 Å². The van der Waals surface area contributed by atoms with Gasteiger partial charge in [-0.1, -0.05) is 24.8 Å². The lowest BCUT2D eigenvalue weighted by Crippen LogP contribution is -2.18. The number of carbonyl (C=O) groups excluding carboxylic acids is 1. The fourth-order valence-electron chi connectivity index (χ4n) is 1.63. The lowest BCUT2D eigenvalue weighted by Gasteiger charge is -2.18. The molecule has 0 fully saturated rings. The van der Waals surface area contributed by atoms with Gasteiger partial charge in [-0.2, -0.15) is 0 Å². The van der Waals surface area contributed by atoms with Gasteiger partial charge in [-0.15, -0.1) is 0 Å². The van der Waals surface area contributed by atoms with Crippen molar-refractivity contribution in [3.8, 4) is 0 Å². The second kappa shape index (κ2) is 3.05. The fourth-order valence-corrected chi connectivity index (χ4v) is 1.63. The molecule has 1 aromatic carbocycles. The molecule has 1 N–H and O–H groups in total. The zero-order chi connectivity index (χ0) is 9.26. The minimum absolute atomic E-state index is 0.212. The summed E-state index contributed by atoms with van der Waals surface area (Å²) in [5.74, 6) is 0.212. The summed E-state index contributed by atoms with van der Waals surface area (Å²) in [6.07, 6.45) is 2.31. The van der Waals surface area contributed by atoms with E-state index in [4.69, 9.17) is 0 Å². The molecular weight excluding hydrogens is 162 g/mol. The summed E-state index contributed by atoms with van der Waals surface area (Å²) in [4.78, 5) is 11.6. The average molecular weight is 173 g/mol. The molecule has 1 aliphatic heterocycles. The van der Waals surface area contributed by atoms with E-state index in [9.17, 15) is 4.79 Å². The van der Waals surface area contributed by atoms with Crippen LogP contribution in [0.1, 0.15) is 22.3 Å². The number of nitrogens with one attached hydrogen (secondary N) is 1. The summed E-state index contributed by atoms with van der Waals surface area (Å²) in [6, 6.07) is 5.78. The Hall–Kier alpha value is -1.57. The summed E-state index contributed by atoms with van der Waals surface area (Å²) >= 11 is 0. The zero-order valence-corrected chi connectivity index (χ0v) is 7.34. The highest BCUT2D eigenvalue weighted by Crippen LogP contribution is 2.25. The third kappa shape index (κ3) is 1.24. The van der Waals surface area contributed by atoms with Crippen LogP contribution in [0.3, 0.4) is 0 Å². The molecule has 0 saturated carbocycles. The maximum Gasteiger partial charge on any atom is 0.167 e. The van der Waals surface area contributed by atoms with E-state index in [1.165, 1.54) is 0 Å². The van der Waals surface area contributed by atoms with Crippen molar-refractivity contribution < 1.29 is 4.79 Å². The number of Topliss-reactive ketones (excluding diaryl/α,β-unsaturated/α-hetero) is 1. The van der Waals surface area contributed by atoms with Crippen LogP contribution in [-0.2, 0) is 0 Å². The van der Waals surface area contributed by atoms with Gasteiger partial charge >= 0.3 is 0 Å². The van der Waals surface area contributed by atoms with E-state index in [-0.39, 0.29) is 5.78 Å². The van der Waals surface area contributed by atoms with Gasteiger partial charge in [0.05, 0.1) is 0 Å². The summed E-state index contributed by atoms with van der Waals surface area (Å²) in [6.45, 7) is 4.44. The minimum Gasteiger partial charge on any atom is -0.384 e. The second-order valence-corrected chi connectivity index (χ2v) is 3.07. The van der Waals surface area contributed by atoms with E-state index in [1.807, 2.05) is 18.2 Å². The molecule has 2 heteroatoms. The highest BCUT2D eigenvalue weighted by atomic mass is 16.1. The molecule has 2 nitrogen and oxygen atoms in total. The SMILES string of the molecule is C=Cc1cccc2c1C(=O)CCN2. The van der Waals surface area contributed by atoms with Crippen LogP contribution < -0.4 is 5.32 Å². The van der Waals surface area contributed by atoms with Crippen LogP contribution in [0.15, 0.2) is 24.8 Å². The summed E-state index contributed by atoms with van der Waals surface area (Å²) in [5.41, 5.74) is 2.66. The van der Waals surface area contributed by atoms with Gasteiger partial charge in [-0.05, 0) is 11.6 Å². The van der Waals surface area contributed by atoms with Crippen LogP contribution in [-0.4, -0.2) is 12.3 Å². The number of benzene rings is 1. The van der Waals surface area contributed by atoms with Crippen molar-refractivity contribution in [3.05, 3.63) is 35.9 Å². The van der Waals surface area contributed by atoms with Crippen molar-refractivity contribution in [2.45, 2.75) is 6.42 Å². The molecule has 13 heavy (non-hydrogen) atoms. The van der Waals surface area contributed by atoms with Gasteiger partial charge in [0, 0.05) is 24.2 Å². The second-order valence-electron chi connectivity index (χ2n) is 3.07. The predicted molar refractivity (Wildman–Crippen MR) is 54.0 cm³/mol. The Morgan fingerprint density at radius 3 is 3.08 bits per heavy atom. The molecule has 0 spiro atoms. The van der Waals surface area contributed by atoms with E-state index in [2.05, 4.69) is 11.9 Å². The zero-order valence-electron chi connectivity index (χ0n) is 7.34. The van der Waals surface area contributed by atoms with Crippen molar-refractivity contribution >= 4 is 17.5 Å². The number of fused-ring (bicyclic) bond motifs is 1. The Balaban J connectivity index is 2.63. The Morgan fingerprint density at radius 2 is 2.31 bits per heavy atom. The van der Waals surface area contributed by atoms with Gasteiger partial charge in [0.1, 0.15) is 0 Å². The van der Waals surface area contributed by atoms with Crippen molar-refractivity contribution in [3.63, 3.8) is 0 Å². The van der Waals surface area contributed by atoms with E-state index in [0.29, 0.717) is 6.42 Å². The van der Waals surface area contributed by atoms with Crippen LogP contribution >= 0.6 is 0 Å². The van der Waals surface area contributed by atoms with Gasteiger partial charge in [0.25, 0.3) is 0 Å². The van der Waals surface area contributed by atoms with E-state index in [0.717, 1.165) is 23.4 Å². The molecule has 0 aliphatic carbocycles. The molecule has 0 saturated heterocycles. The molecule has 1 aliphatic rings. The molecule has 0 bridgehead atoms. The quantitative estimate of drug-likeness (QED) is 0.706. The van der Waals surface area contributed by atoms with Gasteiger partial charge in [0.15, 0.2) is 5.78 Å². The first-order chi connectivity index (χ1) is 6.33. The number of anilines is 1. The molecule has 1 aromatic rings. The van der Waals surface area contributed by atoms with Crippen LogP contribution in [0.5, 0.6) is 0 Å². The number of ketones is 1. The standard InChI is InChI=1S/C11H11NO/c1-2-8-4-3-5-9-11(8)10(13)6-7-12-9/h2-5,12H,1,6-7H2. The highest BCUT2D eigenvalue weighted by Gasteiger charge is 2.18. The first kappa shape index (κ1) is 8.05. The third-order valence-electron chi connectivity index (χ3n) is 2.26. The smallest absolute Gasteiger partial charge is 0.167 e. The average Bonchev–Trinajstić information content (AvgIpc) is 2.17. The lowest BCUT2D eigenvalue weighted by atomic mass is 9.96. The molecule has 0 amide bonds. The molecule has 0 aromatic heterocycles. The maximum absolute atomic E-state index is 11.6. The van der Waals surface area contributed by atoms with Crippen LogP contribution in [0.2, 0.25) is 0 Å². The molecule has 1 heterocycles. The van der Waals surface area contributed by atoms with Crippen molar-refractivity contribution in [2.75, 3.05) is 11.9 Å². The van der Waals surface area contributed by atoms with Crippen LogP contribution in [0.25, 0.3) is 6.08 Å². The summed E-state index contributed by atoms with van der Waals surface area (Å²) in [5, 5.41) is 3.20. The van der Waals surface area contributed by atoms with Crippen molar-refractivity contribution in [2.24, 2.45) is 0 Å². The largest absolute Gasteiger partial charge is 0.384 e. The fraction of sp³-hybridized carbons (Fsp3) is 0.182. The lowest BCUT2D eigenvalue weighted by molar-refractivity contribution is 0.0983. The summed E-state index contributed by atoms with van der Waals surface area (Å²) in [7, 11) is 0. The molecule has 0 atom stereocenters. The number of hydrogen-bond donors (Lipinski definition) is 1. The molecule has 0 radical (unpaired) electrons. The Kier molecular flexibility index (Phi) is 1.89. The van der Waals surface area contributed by atoms with Crippen molar-refractivity contribution in [1.82, 2.24) is 0 Å². The van der Waals surface area contributed by atoms with Gasteiger partial charge in [-0.3, -0.25) is 4.79 Å². The molecule has 66 valence electrons. The Labute approximate surface area is 77.3 Å². The van der Waals surface area contributed by atoms with E-state index >= 15 is 0 Å². The summed E-state index contributed by atoms with van der Waals surface area (Å²) < 4.78 is 0. The molecule has 0 unspecified atom stereocenters. The van der Waals surface area contributed by atoms with Gasteiger partial charge in [0.2, 0.25) is 0 Å². The minimum atomic E-state index is 0.212. The number of rotatable bonds is 1.